The Hall–Kier alpha value is -1.02. The average Bonchev–Trinajstić information content (AvgIpc) is 2.47. The Kier molecular flexibility index (Phi) is 5.90. The van der Waals surface area contributed by atoms with Crippen LogP contribution in [0.3, 0.4) is 0 Å². The smallest absolute Gasteiger partial charge is 0.119 e. The second-order valence-corrected chi connectivity index (χ2v) is 6.25. The van der Waals surface area contributed by atoms with Gasteiger partial charge >= 0.3 is 0 Å². The van der Waals surface area contributed by atoms with Crippen LogP contribution in [-0.2, 0) is 6.42 Å². The van der Waals surface area contributed by atoms with E-state index in [-0.39, 0.29) is 0 Å². The molecule has 1 N–H and O–H groups in total. The molecule has 1 aromatic rings. The van der Waals surface area contributed by atoms with Crippen molar-refractivity contribution in [2.24, 2.45) is 11.8 Å². The van der Waals surface area contributed by atoms with Crippen LogP contribution in [0.2, 0.25) is 0 Å². The van der Waals surface area contributed by atoms with Gasteiger partial charge in [-0.15, -0.1) is 0 Å². The largest absolute Gasteiger partial charge is 0.497 e. The Labute approximate surface area is 123 Å². The predicted molar refractivity (Wildman–Crippen MR) is 85.3 cm³/mol. The molecule has 0 saturated heterocycles. The summed E-state index contributed by atoms with van der Waals surface area (Å²) < 4.78 is 5.34. The van der Waals surface area contributed by atoms with Crippen molar-refractivity contribution in [2.75, 3.05) is 13.7 Å². The van der Waals surface area contributed by atoms with Gasteiger partial charge in [0.1, 0.15) is 5.75 Å². The zero-order valence-electron chi connectivity index (χ0n) is 13.2. The molecule has 2 heteroatoms. The van der Waals surface area contributed by atoms with Crippen LogP contribution in [0.25, 0.3) is 0 Å². The molecule has 3 atom stereocenters. The lowest BCUT2D eigenvalue weighted by atomic mass is 9.77. The Morgan fingerprint density at radius 3 is 2.90 bits per heavy atom. The third-order valence-electron chi connectivity index (χ3n) is 4.60. The number of likely N-dealkylation sites (N-methyl/N-ethyl adjacent to an activating group) is 1. The summed E-state index contributed by atoms with van der Waals surface area (Å²) in [6, 6.07) is 9.13. The van der Waals surface area contributed by atoms with E-state index < -0.39 is 0 Å². The van der Waals surface area contributed by atoms with Crippen LogP contribution in [0.4, 0.5) is 0 Å². The van der Waals surface area contributed by atoms with Crippen molar-refractivity contribution in [2.45, 2.75) is 52.0 Å². The summed E-state index contributed by atoms with van der Waals surface area (Å²) in [6.07, 6.45) is 6.68. The van der Waals surface area contributed by atoms with Crippen molar-refractivity contribution in [3.63, 3.8) is 0 Å². The first-order valence-electron chi connectivity index (χ1n) is 8.09. The lowest BCUT2D eigenvalue weighted by Gasteiger charge is -2.34. The lowest BCUT2D eigenvalue weighted by Crippen LogP contribution is -2.40. The predicted octanol–water partition coefficient (Wildman–Crippen LogP) is 4.04. The molecule has 0 aromatic heterocycles. The number of benzene rings is 1. The zero-order valence-corrected chi connectivity index (χ0v) is 13.2. The molecular weight excluding hydrogens is 246 g/mol. The van der Waals surface area contributed by atoms with Gasteiger partial charge in [-0.25, -0.2) is 0 Å². The minimum absolute atomic E-state index is 0.606. The number of rotatable bonds is 6. The van der Waals surface area contributed by atoms with Crippen LogP contribution in [0.15, 0.2) is 24.3 Å². The van der Waals surface area contributed by atoms with E-state index >= 15 is 0 Å². The Morgan fingerprint density at radius 1 is 1.35 bits per heavy atom. The maximum Gasteiger partial charge on any atom is 0.119 e. The van der Waals surface area contributed by atoms with Crippen molar-refractivity contribution in [1.82, 2.24) is 5.32 Å². The highest BCUT2D eigenvalue weighted by molar-refractivity contribution is 5.29. The van der Waals surface area contributed by atoms with Crippen LogP contribution >= 0.6 is 0 Å². The molecular formula is C18H29NO. The lowest BCUT2D eigenvalue weighted by molar-refractivity contribution is 0.222. The van der Waals surface area contributed by atoms with Crippen LogP contribution in [0.5, 0.6) is 5.75 Å². The van der Waals surface area contributed by atoms with Gasteiger partial charge in [0.25, 0.3) is 0 Å². The summed E-state index contributed by atoms with van der Waals surface area (Å²) in [7, 11) is 1.74. The molecule has 1 saturated carbocycles. The van der Waals surface area contributed by atoms with Gasteiger partial charge in [-0.3, -0.25) is 0 Å². The van der Waals surface area contributed by atoms with Crippen LogP contribution in [0.1, 0.15) is 45.1 Å². The molecule has 0 aliphatic heterocycles. The molecule has 1 aliphatic carbocycles. The van der Waals surface area contributed by atoms with Crippen molar-refractivity contribution >= 4 is 0 Å². The van der Waals surface area contributed by atoms with Crippen molar-refractivity contribution in [3.05, 3.63) is 29.8 Å². The molecule has 3 unspecified atom stereocenters. The Bertz CT molecular complexity index is 404. The Morgan fingerprint density at radius 2 is 2.20 bits per heavy atom. The SMILES string of the molecule is CCNC(Cc1cccc(OC)c1)C1CCCC(C)C1. The molecule has 20 heavy (non-hydrogen) atoms. The molecule has 2 nitrogen and oxygen atoms in total. The first kappa shape index (κ1) is 15.4. The van der Waals surface area contributed by atoms with Gasteiger partial charge < -0.3 is 10.1 Å². The normalized spacial score (nSPS) is 24.4. The second kappa shape index (κ2) is 7.68. The van der Waals surface area contributed by atoms with Crippen molar-refractivity contribution < 1.29 is 4.74 Å². The van der Waals surface area contributed by atoms with E-state index in [0.717, 1.165) is 30.6 Å². The van der Waals surface area contributed by atoms with E-state index in [9.17, 15) is 0 Å². The van der Waals surface area contributed by atoms with Gasteiger partial charge in [0.2, 0.25) is 0 Å². The number of hydrogen-bond donors (Lipinski definition) is 1. The topological polar surface area (TPSA) is 21.3 Å². The molecule has 0 radical (unpaired) electrons. The zero-order chi connectivity index (χ0) is 14.4. The summed E-state index contributed by atoms with van der Waals surface area (Å²) in [4.78, 5) is 0. The molecule has 1 aliphatic rings. The molecule has 112 valence electrons. The van der Waals surface area contributed by atoms with E-state index in [4.69, 9.17) is 4.74 Å². The first-order valence-corrected chi connectivity index (χ1v) is 8.09. The fourth-order valence-corrected chi connectivity index (χ4v) is 3.57. The van der Waals surface area contributed by atoms with Gasteiger partial charge in [0.15, 0.2) is 0 Å². The van der Waals surface area contributed by atoms with Gasteiger partial charge in [-0.05, 0) is 55.3 Å². The number of methoxy groups -OCH3 is 1. The maximum absolute atomic E-state index is 5.34. The monoisotopic (exact) mass is 275 g/mol. The third-order valence-corrected chi connectivity index (χ3v) is 4.60. The fraction of sp³-hybridized carbons (Fsp3) is 0.667. The third kappa shape index (κ3) is 4.24. The standard InChI is InChI=1S/C18H29NO/c1-4-19-18(16-9-5-7-14(2)11-16)13-15-8-6-10-17(12-15)20-3/h6,8,10,12,14,16,18-19H,4-5,7,9,11,13H2,1-3H3. The first-order chi connectivity index (χ1) is 9.72. The van der Waals surface area contributed by atoms with Crippen molar-refractivity contribution in [3.8, 4) is 5.75 Å². The summed E-state index contributed by atoms with van der Waals surface area (Å²) >= 11 is 0. The van der Waals surface area contributed by atoms with Gasteiger partial charge in [0.05, 0.1) is 7.11 Å². The van der Waals surface area contributed by atoms with Crippen LogP contribution < -0.4 is 10.1 Å². The summed E-state index contributed by atoms with van der Waals surface area (Å²) in [5.74, 6) is 2.68. The molecule has 0 spiro atoms. The van der Waals surface area contributed by atoms with E-state index in [1.54, 1.807) is 7.11 Å². The quantitative estimate of drug-likeness (QED) is 0.846. The minimum atomic E-state index is 0.606. The minimum Gasteiger partial charge on any atom is -0.497 e. The summed E-state index contributed by atoms with van der Waals surface area (Å²) in [5, 5.41) is 3.72. The molecule has 2 rings (SSSR count). The molecule has 0 amide bonds. The molecule has 1 aromatic carbocycles. The van der Waals surface area contributed by atoms with Crippen molar-refractivity contribution in [1.29, 1.82) is 0 Å². The Balaban J connectivity index is 2.03. The average molecular weight is 275 g/mol. The summed E-state index contributed by atoms with van der Waals surface area (Å²) in [5.41, 5.74) is 1.38. The number of hydrogen-bond acceptors (Lipinski definition) is 2. The van der Waals surface area contributed by atoms with Crippen LogP contribution in [-0.4, -0.2) is 19.7 Å². The van der Waals surface area contributed by atoms with Gasteiger partial charge in [-0.2, -0.15) is 0 Å². The molecule has 1 fully saturated rings. The number of nitrogens with one attached hydrogen (secondary N) is 1. The highest BCUT2D eigenvalue weighted by Crippen LogP contribution is 2.32. The fourth-order valence-electron chi connectivity index (χ4n) is 3.57. The molecule has 0 bridgehead atoms. The second-order valence-electron chi connectivity index (χ2n) is 6.25. The van der Waals surface area contributed by atoms with E-state index in [0.29, 0.717) is 6.04 Å². The maximum atomic E-state index is 5.34. The molecule has 0 heterocycles. The highest BCUT2D eigenvalue weighted by atomic mass is 16.5. The summed E-state index contributed by atoms with van der Waals surface area (Å²) in [6.45, 7) is 5.67. The van der Waals surface area contributed by atoms with Crippen LogP contribution in [0, 0.1) is 11.8 Å². The highest BCUT2D eigenvalue weighted by Gasteiger charge is 2.26. The van der Waals surface area contributed by atoms with E-state index in [1.807, 2.05) is 6.07 Å². The number of ether oxygens (including phenoxy) is 1. The van der Waals surface area contributed by atoms with E-state index in [2.05, 4.69) is 37.4 Å². The van der Waals surface area contributed by atoms with Gasteiger partial charge in [-0.1, -0.05) is 38.8 Å². The van der Waals surface area contributed by atoms with Gasteiger partial charge in [0, 0.05) is 6.04 Å². The van der Waals surface area contributed by atoms with E-state index in [1.165, 1.54) is 31.2 Å².